The molecule has 2 unspecified atom stereocenters. The van der Waals surface area contributed by atoms with E-state index in [1.54, 1.807) is 0 Å². The highest BCUT2D eigenvalue weighted by molar-refractivity contribution is 5.94. The number of hydrogen-bond donors (Lipinski definition) is 2. The first-order valence-electron chi connectivity index (χ1n) is 7.08. The van der Waals surface area contributed by atoms with Gasteiger partial charge in [0.25, 0.3) is 0 Å². The highest BCUT2D eigenvalue weighted by atomic mass is 16.2. The van der Waals surface area contributed by atoms with Crippen molar-refractivity contribution in [3.8, 4) is 0 Å². The molecule has 0 heterocycles. The lowest BCUT2D eigenvalue weighted by Crippen LogP contribution is -2.18. The Kier molecular flexibility index (Phi) is 3.95. The third-order valence-corrected chi connectivity index (χ3v) is 4.02. The number of carbonyl (C=O) groups excluding carboxylic acids is 1. The maximum atomic E-state index is 12.0. The summed E-state index contributed by atoms with van der Waals surface area (Å²) in [5.74, 6) is 0.324. The lowest BCUT2D eigenvalue weighted by molar-refractivity contribution is -0.117. The third kappa shape index (κ3) is 3.35. The van der Waals surface area contributed by atoms with Crippen molar-refractivity contribution in [2.45, 2.75) is 40.2 Å². The first-order chi connectivity index (χ1) is 8.94. The maximum Gasteiger partial charge on any atom is 0.228 e. The average Bonchev–Trinajstić information content (AvgIpc) is 3.00. The number of hydrogen-bond acceptors (Lipinski definition) is 2. The lowest BCUT2D eigenvalue weighted by Gasteiger charge is -2.13. The van der Waals surface area contributed by atoms with Crippen LogP contribution in [0.25, 0.3) is 0 Å². The van der Waals surface area contributed by atoms with Crippen LogP contribution in [-0.2, 0) is 4.79 Å². The first-order valence-corrected chi connectivity index (χ1v) is 7.08. The van der Waals surface area contributed by atoms with E-state index in [9.17, 15) is 4.79 Å². The quantitative estimate of drug-likeness (QED) is 0.852. The minimum absolute atomic E-state index is 0.150. The molecule has 1 aliphatic carbocycles. The molecular formula is C16H24N2O. The highest BCUT2D eigenvalue weighted by Gasteiger charge is 2.50. The van der Waals surface area contributed by atoms with Gasteiger partial charge in [0.2, 0.25) is 5.91 Å². The Balaban J connectivity index is 1.94. The number of nitrogens with one attached hydrogen (secondary N) is 2. The van der Waals surface area contributed by atoms with Crippen LogP contribution in [0.15, 0.2) is 24.3 Å². The van der Waals surface area contributed by atoms with Gasteiger partial charge >= 0.3 is 0 Å². The highest BCUT2D eigenvalue weighted by Crippen LogP contribution is 2.51. The van der Waals surface area contributed by atoms with E-state index in [-0.39, 0.29) is 17.2 Å². The zero-order valence-corrected chi connectivity index (χ0v) is 12.3. The summed E-state index contributed by atoms with van der Waals surface area (Å²) in [6.07, 6.45) is 0.994. The summed E-state index contributed by atoms with van der Waals surface area (Å²) in [5, 5.41) is 6.37. The maximum absolute atomic E-state index is 12.0. The topological polar surface area (TPSA) is 41.1 Å². The van der Waals surface area contributed by atoms with Crippen molar-refractivity contribution in [1.29, 1.82) is 0 Å². The SMILES string of the molecule is CCNC(C)c1ccc(NC(=O)C2CC2(C)C)cc1. The van der Waals surface area contributed by atoms with E-state index < -0.39 is 0 Å². The van der Waals surface area contributed by atoms with Gasteiger partial charge in [0.15, 0.2) is 0 Å². The van der Waals surface area contributed by atoms with Crippen molar-refractivity contribution in [1.82, 2.24) is 5.32 Å². The van der Waals surface area contributed by atoms with Crippen molar-refractivity contribution in [3.05, 3.63) is 29.8 Å². The Morgan fingerprint density at radius 3 is 2.42 bits per heavy atom. The van der Waals surface area contributed by atoms with E-state index in [1.165, 1.54) is 5.56 Å². The fourth-order valence-electron chi connectivity index (χ4n) is 2.42. The molecular weight excluding hydrogens is 236 g/mol. The molecule has 0 aliphatic heterocycles. The van der Waals surface area contributed by atoms with Crippen LogP contribution in [0.2, 0.25) is 0 Å². The van der Waals surface area contributed by atoms with Crippen molar-refractivity contribution >= 4 is 11.6 Å². The predicted octanol–water partition coefficient (Wildman–Crippen LogP) is 3.34. The van der Waals surface area contributed by atoms with Gasteiger partial charge in [0.05, 0.1) is 0 Å². The van der Waals surface area contributed by atoms with Gasteiger partial charge in [-0.1, -0.05) is 32.9 Å². The van der Waals surface area contributed by atoms with Crippen molar-refractivity contribution < 1.29 is 4.79 Å². The molecule has 1 aliphatic rings. The van der Waals surface area contributed by atoms with E-state index in [4.69, 9.17) is 0 Å². The minimum atomic E-state index is 0.150. The van der Waals surface area contributed by atoms with Crippen LogP contribution < -0.4 is 10.6 Å². The molecule has 3 nitrogen and oxygen atoms in total. The van der Waals surface area contributed by atoms with Crippen LogP contribution in [0.3, 0.4) is 0 Å². The Morgan fingerprint density at radius 2 is 1.95 bits per heavy atom. The molecule has 1 aromatic carbocycles. The van der Waals surface area contributed by atoms with Crippen molar-refractivity contribution in [2.75, 3.05) is 11.9 Å². The Hall–Kier alpha value is -1.35. The molecule has 3 heteroatoms. The van der Waals surface area contributed by atoms with Crippen LogP contribution in [0, 0.1) is 11.3 Å². The summed E-state index contributed by atoms with van der Waals surface area (Å²) in [6, 6.07) is 8.45. The number of benzene rings is 1. The van der Waals surface area contributed by atoms with E-state index in [0.29, 0.717) is 6.04 Å². The molecule has 0 radical (unpaired) electrons. The normalized spacial score (nSPS) is 21.8. The number of amides is 1. The minimum Gasteiger partial charge on any atom is -0.326 e. The predicted molar refractivity (Wildman–Crippen MR) is 79.1 cm³/mol. The molecule has 2 atom stereocenters. The van der Waals surface area contributed by atoms with Crippen molar-refractivity contribution in [2.24, 2.45) is 11.3 Å². The van der Waals surface area contributed by atoms with Crippen LogP contribution in [-0.4, -0.2) is 12.5 Å². The molecule has 104 valence electrons. The molecule has 1 amide bonds. The smallest absolute Gasteiger partial charge is 0.228 e. The summed E-state index contributed by atoms with van der Waals surface area (Å²) in [6.45, 7) is 9.47. The van der Waals surface area contributed by atoms with Crippen LogP contribution in [0.4, 0.5) is 5.69 Å². The molecule has 0 aromatic heterocycles. The van der Waals surface area contributed by atoms with Gasteiger partial charge in [0.1, 0.15) is 0 Å². The molecule has 2 rings (SSSR count). The van der Waals surface area contributed by atoms with Crippen LogP contribution in [0.1, 0.15) is 45.7 Å². The summed E-state index contributed by atoms with van der Waals surface area (Å²) < 4.78 is 0. The third-order valence-electron chi connectivity index (χ3n) is 4.02. The van der Waals surface area contributed by atoms with Gasteiger partial charge in [-0.25, -0.2) is 0 Å². The molecule has 1 aromatic rings. The molecule has 0 saturated heterocycles. The fraction of sp³-hybridized carbons (Fsp3) is 0.562. The number of carbonyl (C=O) groups is 1. The molecule has 1 saturated carbocycles. The first kappa shape index (κ1) is 14.1. The Morgan fingerprint density at radius 1 is 1.37 bits per heavy atom. The summed E-state index contributed by atoms with van der Waals surface area (Å²) in [7, 11) is 0. The van der Waals surface area contributed by atoms with Gasteiger partial charge in [-0.3, -0.25) is 4.79 Å². The van der Waals surface area contributed by atoms with E-state index >= 15 is 0 Å². The second-order valence-electron chi connectivity index (χ2n) is 6.14. The lowest BCUT2D eigenvalue weighted by atomic mass is 10.1. The Labute approximate surface area is 115 Å². The van der Waals surface area contributed by atoms with Gasteiger partial charge < -0.3 is 10.6 Å². The molecule has 2 N–H and O–H groups in total. The summed E-state index contributed by atoms with van der Waals surface area (Å²) >= 11 is 0. The second-order valence-corrected chi connectivity index (χ2v) is 6.14. The average molecular weight is 260 g/mol. The van der Waals surface area contributed by atoms with Crippen molar-refractivity contribution in [3.63, 3.8) is 0 Å². The van der Waals surface area contributed by atoms with Gasteiger partial charge in [-0.2, -0.15) is 0 Å². The summed E-state index contributed by atoms with van der Waals surface area (Å²) in [5.41, 5.74) is 2.32. The van der Waals surface area contributed by atoms with E-state index in [1.807, 2.05) is 12.1 Å². The largest absolute Gasteiger partial charge is 0.326 e. The van der Waals surface area contributed by atoms with E-state index in [0.717, 1.165) is 18.7 Å². The summed E-state index contributed by atoms with van der Waals surface area (Å²) in [4.78, 5) is 12.0. The van der Waals surface area contributed by atoms with Gasteiger partial charge in [-0.05, 0) is 43.0 Å². The monoisotopic (exact) mass is 260 g/mol. The molecule has 0 bridgehead atoms. The second kappa shape index (κ2) is 5.33. The standard InChI is InChI=1S/C16H24N2O/c1-5-17-11(2)12-6-8-13(9-7-12)18-15(19)14-10-16(14,3)4/h6-9,11,14,17H,5,10H2,1-4H3,(H,18,19). The molecule has 1 fully saturated rings. The Bertz CT molecular complexity index is 450. The van der Waals surface area contributed by atoms with Gasteiger partial charge in [-0.15, -0.1) is 0 Å². The number of rotatable bonds is 5. The van der Waals surface area contributed by atoms with E-state index in [2.05, 4.69) is 50.5 Å². The molecule has 19 heavy (non-hydrogen) atoms. The zero-order valence-electron chi connectivity index (χ0n) is 12.3. The van der Waals surface area contributed by atoms with Gasteiger partial charge in [0, 0.05) is 17.6 Å². The van der Waals surface area contributed by atoms with Crippen LogP contribution >= 0.6 is 0 Å². The number of anilines is 1. The molecule has 0 spiro atoms. The fourth-order valence-corrected chi connectivity index (χ4v) is 2.42. The zero-order chi connectivity index (χ0) is 14.0. The van der Waals surface area contributed by atoms with Crippen LogP contribution in [0.5, 0.6) is 0 Å².